The molecule has 0 radical (unpaired) electrons. The number of nitrogens with one attached hydrogen (secondary N) is 1. The predicted octanol–water partition coefficient (Wildman–Crippen LogP) is 3.76. The Morgan fingerprint density at radius 2 is 1.80 bits per heavy atom. The quantitative estimate of drug-likeness (QED) is 0.841. The van der Waals surface area contributed by atoms with Crippen molar-refractivity contribution in [2.75, 3.05) is 6.54 Å². The molecule has 1 atom stereocenters. The van der Waals surface area contributed by atoms with E-state index in [4.69, 9.17) is 16.3 Å². The lowest BCUT2D eigenvalue weighted by Crippen LogP contribution is -2.35. The van der Waals surface area contributed by atoms with Crippen LogP contribution in [0.25, 0.3) is 0 Å². The van der Waals surface area contributed by atoms with Gasteiger partial charge in [0.25, 0.3) is 0 Å². The van der Waals surface area contributed by atoms with Gasteiger partial charge in [-0.1, -0.05) is 37.6 Å². The van der Waals surface area contributed by atoms with E-state index in [2.05, 4.69) is 5.32 Å². The van der Waals surface area contributed by atoms with Crippen LogP contribution in [0.2, 0.25) is 5.02 Å². The Labute approximate surface area is 126 Å². The number of ether oxygens (including phenoxy) is 1. The standard InChI is InChI=1S/C16H24ClNO2/c1-11(2)18-10-14(15(19)20-16(3,4)5)12-6-8-13(17)9-7-12/h6-9,11,14,18H,10H2,1-5H3. The van der Waals surface area contributed by atoms with Gasteiger partial charge in [0.2, 0.25) is 0 Å². The Morgan fingerprint density at radius 3 is 2.25 bits per heavy atom. The fraction of sp³-hybridized carbons (Fsp3) is 0.562. The van der Waals surface area contributed by atoms with Gasteiger partial charge in [-0.25, -0.2) is 0 Å². The van der Waals surface area contributed by atoms with E-state index >= 15 is 0 Å². The van der Waals surface area contributed by atoms with Crippen LogP contribution in [-0.4, -0.2) is 24.2 Å². The molecule has 0 bridgehead atoms. The molecule has 0 saturated carbocycles. The van der Waals surface area contributed by atoms with Crippen molar-refractivity contribution < 1.29 is 9.53 Å². The van der Waals surface area contributed by atoms with Gasteiger partial charge in [-0.05, 0) is 38.5 Å². The zero-order valence-corrected chi connectivity index (χ0v) is 13.6. The maximum absolute atomic E-state index is 12.4. The molecule has 0 aliphatic rings. The maximum Gasteiger partial charge on any atom is 0.315 e. The lowest BCUT2D eigenvalue weighted by atomic mass is 9.98. The normalized spacial score (nSPS) is 13.3. The van der Waals surface area contributed by atoms with Crippen molar-refractivity contribution in [2.45, 2.75) is 52.2 Å². The Kier molecular flexibility index (Phi) is 6.03. The lowest BCUT2D eigenvalue weighted by Gasteiger charge is -2.25. The molecule has 1 rings (SSSR count). The summed E-state index contributed by atoms with van der Waals surface area (Å²) in [6.45, 7) is 10.3. The monoisotopic (exact) mass is 297 g/mol. The summed E-state index contributed by atoms with van der Waals surface area (Å²) in [4.78, 5) is 12.4. The Hall–Kier alpha value is -1.06. The first-order chi connectivity index (χ1) is 9.19. The third-order valence-electron chi connectivity index (χ3n) is 2.69. The molecule has 112 valence electrons. The number of esters is 1. The number of hydrogen-bond acceptors (Lipinski definition) is 3. The predicted molar refractivity (Wildman–Crippen MR) is 83.2 cm³/mol. The first kappa shape index (κ1) is 17.0. The van der Waals surface area contributed by atoms with E-state index in [1.54, 1.807) is 12.1 Å². The number of rotatable bonds is 5. The highest BCUT2D eigenvalue weighted by molar-refractivity contribution is 6.30. The largest absolute Gasteiger partial charge is 0.459 e. The summed E-state index contributed by atoms with van der Waals surface area (Å²) in [6, 6.07) is 7.65. The fourth-order valence-corrected chi connectivity index (χ4v) is 1.88. The van der Waals surface area contributed by atoms with Crippen molar-refractivity contribution in [1.82, 2.24) is 5.32 Å². The minimum absolute atomic E-state index is 0.215. The van der Waals surface area contributed by atoms with Gasteiger partial charge in [0.1, 0.15) is 5.60 Å². The molecule has 4 heteroatoms. The van der Waals surface area contributed by atoms with Crippen molar-refractivity contribution in [3.05, 3.63) is 34.9 Å². The molecular formula is C16H24ClNO2. The van der Waals surface area contributed by atoms with Gasteiger partial charge in [0.15, 0.2) is 0 Å². The number of halogens is 1. The van der Waals surface area contributed by atoms with E-state index in [-0.39, 0.29) is 11.9 Å². The second-order valence-electron chi connectivity index (χ2n) is 6.20. The van der Waals surface area contributed by atoms with Gasteiger partial charge in [0.05, 0.1) is 5.92 Å². The van der Waals surface area contributed by atoms with E-state index in [1.807, 2.05) is 46.8 Å². The molecule has 0 amide bonds. The van der Waals surface area contributed by atoms with Crippen molar-refractivity contribution in [2.24, 2.45) is 0 Å². The first-order valence-electron chi connectivity index (χ1n) is 6.91. The summed E-state index contributed by atoms with van der Waals surface area (Å²) >= 11 is 5.90. The molecular weight excluding hydrogens is 274 g/mol. The molecule has 0 aliphatic heterocycles. The lowest BCUT2D eigenvalue weighted by molar-refractivity contribution is -0.156. The van der Waals surface area contributed by atoms with Crippen molar-refractivity contribution in [3.63, 3.8) is 0 Å². The van der Waals surface area contributed by atoms with Gasteiger partial charge in [0, 0.05) is 17.6 Å². The zero-order valence-electron chi connectivity index (χ0n) is 12.9. The summed E-state index contributed by atoms with van der Waals surface area (Å²) in [7, 11) is 0. The molecule has 1 unspecified atom stereocenters. The molecule has 0 aromatic heterocycles. The summed E-state index contributed by atoms with van der Waals surface area (Å²) in [5, 5.41) is 3.95. The van der Waals surface area contributed by atoms with Crippen LogP contribution in [-0.2, 0) is 9.53 Å². The van der Waals surface area contributed by atoms with E-state index < -0.39 is 5.60 Å². The van der Waals surface area contributed by atoms with Gasteiger partial charge in [-0.15, -0.1) is 0 Å². The maximum atomic E-state index is 12.4. The summed E-state index contributed by atoms with van der Waals surface area (Å²) in [5.74, 6) is -0.540. The molecule has 1 aromatic carbocycles. The molecule has 0 aliphatic carbocycles. The van der Waals surface area contributed by atoms with Crippen LogP contribution >= 0.6 is 11.6 Å². The highest BCUT2D eigenvalue weighted by atomic mass is 35.5. The Balaban J connectivity index is 2.89. The summed E-state index contributed by atoms with van der Waals surface area (Å²) in [5.41, 5.74) is 0.427. The Bertz CT molecular complexity index is 435. The molecule has 20 heavy (non-hydrogen) atoms. The summed E-state index contributed by atoms with van der Waals surface area (Å²) < 4.78 is 5.50. The molecule has 0 heterocycles. The number of hydrogen-bond donors (Lipinski definition) is 1. The second-order valence-corrected chi connectivity index (χ2v) is 6.64. The average molecular weight is 298 g/mol. The zero-order chi connectivity index (χ0) is 15.3. The molecule has 1 N–H and O–H groups in total. The van der Waals surface area contributed by atoms with Gasteiger partial charge in [-0.2, -0.15) is 0 Å². The number of carbonyl (C=O) groups excluding carboxylic acids is 1. The molecule has 0 saturated heterocycles. The van der Waals surface area contributed by atoms with E-state index in [0.717, 1.165) is 5.56 Å². The minimum atomic E-state index is -0.487. The molecule has 1 aromatic rings. The van der Waals surface area contributed by atoms with Crippen LogP contribution in [0.3, 0.4) is 0 Å². The third kappa shape index (κ3) is 5.93. The van der Waals surface area contributed by atoms with Crippen molar-refractivity contribution in [1.29, 1.82) is 0 Å². The van der Waals surface area contributed by atoms with Crippen LogP contribution in [0.5, 0.6) is 0 Å². The van der Waals surface area contributed by atoms with E-state index in [9.17, 15) is 4.79 Å². The molecule has 0 fully saturated rings. The van der Waals surface area contributed by atoms with E-state index in [0.29, 0.717) is 17.6 Å². The van der Waals surface area contributed by atoms with Crippen LogP contribution in [0.1, 0.15) is 46.1 Å². The van der Waals surface area contributed by atoms with Crippen LogP contribution in [0, 0.1) is 0 Å². The topological polar surface area (TPSA) is 38.3 Å². The summed E-state index contributed by atoms with van der Waals surface area (Å²) in [6.07, 6.45) is 0. The van der Waals surface area contributed by atoms with Crippen LogP contribution in [0.4, 0.5) is 0 Å². The first-order valence-corrected chi connectivity index (χ1v) is 7.28. The van der Waals surface area contributed by atoms with E-state index in [1.165, 1.54) is 0 Å². The fourth-order valence-electron chi connectivity index (χ4n) is 1.76. The van der Waals surface area contributed by atoms with Crippen LogP contribution in [0.15, 0.2) is 24.3 Å². The smallest absolute Gasteiger partial charge is 0.315 e. The second kappa shape index (κ2) is 7.09. The average Bonchev–Trinajstić information content (AvgIpc) is 2.29. The number of carbonyl (C=O) groups is 1. The highest BCUT2D eigenvalue weighted by Crippen LogP contribution is 2.22. The number of benzene rings is 1. The molecule has 3 nitrogen and oxygen atoms in total. The van der Waals surface area contributed by atoms with Crippen molar-refractivity contribution >= 4 is 17.6 Å². The Morgan fingerprint density at radius 1 is 1.25 bits per heavy atom. The highest BCUT2D eigenvalue weighted by Gasteiger charge is 2.26. The van der Waals surface area contributed by atoms with Crippen molar-refractivity contribution in [3.8, 4) is 0 Å². The minimum Gasteiger partial charge on any atom is -0.459 e. The van der Waals surface area contributed by atoms with Gasteiger partial charge in [-0.3, -0.25) is 4.79 Å². The SMILES string of the molecule is CC(C)NCC(C(=O)OC(C)(C)C)c1ccc(Cl)cc1. The third-order valence-corrected chi connectivity index (χ3v) is 2.95. The molecule has 0 spiro atoms. The van der Waals surface area contributed by atoms with Gasteiger partial charge >= 0.3 is 5.97 Å². The van der Waals surface area contributed by atoms with Crippen LogP contribution < -0.4 is 5.32 Å². The van der Waals surface area contributed by atoms with Gasteiger partial charge < -0.3 is 10.1 Å².